The van der Waals surface area contributed by atoms with Gasteiger partial charge in [0.1, 0.15) is 12.2 Å². The summed E-state index contributed by atoms with van der Waals surface area (Å²) in [6.45, 7) is 12.2. The van der Waals surface area contributed by atoms with Gasteiger partial charge >= 0.3 is 0 Å². The second kappa shape index (κ2) is 7.52. The van der Waals surface area contributed by atoms with Crippen LogP contribution in [-0.2, 0) is 20.0 Å². The highest BCUT2D eigenvalue weighted by molar-refractivity contribution is 7.85. The van der Waals surface area contributed by atoms with E-state index >= 15 is 0 Å². The van der Waals surface area contributed by atoms with E-state index in [0.717, 1.165) is 5.56 Å². The summed E-state index contributed by atoms with van der Waals surface area (Å²) in [4.78, 5) is 12.6. The van der Waals surface area contributed by atoms with E-state index in [1.165, 1.54) is 0 Å². The fourth-order valence-electron chi connectivity index (χ4n) is 1.69. The van der Waals surface area contributed by atoms with Gasteiger partial charge < -0.3 is 4.43 Å². The summed E-state index contributed by atoms with van der Waals surface area (Å²) < 4.78 is 18.6. The molecule has 0 fully saturated rings. The molecule has 1 rings (SSSR count). The monoisotopic (exact) mass is 351 g/mol. The molecule has 0 aliphatic carbocycles. The smallest absolute Gasteiger partial charge is 0.260 e. The van der Waals surface area contributed by atoms with E-state index in [1.807, 2.05) is 32.2 Å². The Labute approximate surface area is 142 Å². The topological polar surface area (TPSA) is 67.2 Å². The number of hydrogen-bond acceptors (Lipinski definition) is 4. The zero-order valence-corrected chi connectivity index (χ0v) is 16.5. The van der Waals surface area contributed by atoms with Crippen molar-refractivity contribution in [3.63, 3.8) is 0 Å². The van der Waals surface area contributed by atoms with Crippen molar-refractivity contribution in [1.29, 1.82) is 5.26 Å². The van der Waals surface area contributed by atoms with Gasteiger partial charge in [-0.25, -0.2) is 0 Å². The van der Waals surface area contributed by atoms with E-state index in [4.69, 9.17) is 9.69 Å². The molecule has 0 aliphatic heterocycles. The third kappa shape index (κ3) is 5.38. The number of carbonyl (C=O) groups excluding carboxylic acids is 1. The molecule has 126 valence electrons. The highest BCUT2D eigenvalue weighted by Gasteiger charge is 2.41. The maximum Gasteiger partial charge on any atom is 0.260 e. The minimum absolute atomic E-state index is 0.0158. The molecule has 23 heavy (non-hydrogen) atoms. The molecule has 0 bridgehead atoms. The summed E-state index contributed by atoms with van der Waals surface area (Å²) in [6.07, 6.45) is -0.942. The Morgan fingerprint density at radius 3 is 2.26 bits per heavy atom. The number of Topliss-reactive ketones (excluding diaryl/α,β-unsaturated/α-hetero) is 1. The van der Waals surface area contributed by atoms with E-state index in [1.54, 1.807) is 18.2 Å². The van der Waals surface area contributed by atoms with Gasteiger partial charge in [0.05, 0.1) is 16.6 Å². The molecule has 1 unspecified atom stereocenters. The highest BCUT2D eigenvalue weighted by atomic mass is 32.2. The number of carbonyl (C=O) groups is 1. The molecule has 0 spiro atoms. The SMILES string of the molecule is Cc1ccc(S(=O)C[C@@H](O[Si](C)(C)C(C)(C)C)C(=O)C#N)cc1. The number of benzene rings is 1. The van der Waals surface area contributed by atoms with E-state index < -0.39 is 31.0 Å². The van der Waals surface area contributed by atoms with Crippen LogP contribution < -0.4 is 0 Å². The number of ketones is 1. The van der Waals surface area contributed by atoms with Gasteiger partial charge in [0.15, 0.2) is 8.32 Å². The van der Waals surface area contributed by atoms with Gasteiger partial charge in [-0.3, -0.25) is 9.00 Å². The molecule has 6 heteroatoms. The average Bonchev–Trinajstić information content (AvgIpc) is 2.44. The largest absolute Gasteiger partial charge is 0.405 e. The lowest BCUT2D eigenvalue weighted by molar-refractivity contribution is -0.119. The Kier molecular flexibility index (Phi) is 6.46. The van der Waals surface area contributed by atoms with Crippen LogP contribution in [0, 0.1) is 18.3 Å². The summed E-state index contributed by atoms with van der Waals surface area (Å²) in [5, 5.41) is 8.87. The van der Waals surface area contributed by atoms with Gasteiger partial charge in [0.25, 0.3) is 5.78 Å². The van der Waals surface area contributed by atoms with Crippen molar-refractivity contribution in [3.05, 3.63) is 29.8 Å². The lowest BCUT2D eigenvalue weighted by atomic mass is 10.2. The van der Waals surface area contributed by atoms with E-state index in [0.29, 0.717) is 4.90 Å². The molecule has 0 saturated heterocycles. The van der Waals surface area contributed by atoms with Crippen LogP contribution in [0.2, 0.25) is 18.1 Å². The lowest BCUT2D eigenvalue weighted by Gasteiger charge is -2.38. The van der Waals surface area contributed by atoms with Crippen molar-refractivity contribution < 1.29 is 13.4 Å². The summed E-state index contributed by atoms with van der Waals surface area (Å²) in [6, 6.07) is 8.95. The minimum atomic E-state index is -2.23. The van der Waals surface area contributed by atoms with Gasteiger partial charge in [-0.1, -0.05) is 38.5 Å². The molecule has 0 aromatic heterocycles. The van der Waals surface area contributed by atoms with Crippen molar-refractivity contribution >= 4 is 24.9 Å². The fraction of sp³-hybridized carbons (Fsp3) is 0.529. The third-order valence-corrected chi connectivity index (χ3v) is 10.1. The van der Waals surface area contributed by atoms with Crippen molar-refractivity contribution in [2.45, 2.75) is 56.8 Å². The molecule has 0 N–H and O–H groups in total. The number of aryl methyl sites for hydroxylation is 1. The van der Waals surface area contributed by atoms with Gasteiger partial charge in [0, 0.05) is 4.90 Å². The Hall–Kier alpha value is -1.29. The normalized spacial score (nSPS) is 14.8. The van der Waals surface area contributed by atoms with Crippen LogP contribution >= 0.6 is 0 Å². The van der Waals surface area contributed by atoms with Crippen LogP contribution in [0.5, 0.6) is 0 Å². The lowest BCUT2D eigenvalue weighted by Crippen LogP contribution is -2.47. The van der Waals surface area contributed by atoms with Crippen molar-refractivity contribution in [2.24, 2.45) is 0 Å². The molecule has 2 atom stereocenters. The first kappa shape index (κ1) is 19.8. The van der Waals surface area contributed by atoms with E-state index in [2.05, 4.69) is 20.8 Å². The number of rotatable bonds is 6. The van der Waals surface area contributed by atoms with Crippen LogP contribution in [0.3, 0.4) is 0 Å². The third-order valence-electron chi connectivity index (χ3n) is 4.23. The summed E-state index contributed by atoms with van der Waals surface area (Å²) in [5.74, 6) is -0.641. The second-order valence-corrected chi connectivity index (χ2v) is 13.4. The van der Waals surface area contributed by atoms with Crippen LogP contribution in [0.4, 0.5) is 0 Å². The first-order chi connectivity index (χ1) is 10.5. The molecule has 4 nitrogen and oxygen atoms in total. The maximum absolute atomic E-state index is 12.5. The van der Waals surface area contributed by atoms with E-state index in [-0.39, 0.29) is 10.8 Å². The Morgan fingerprint density at radius 1 is 1.30 bits per heavy atom. The predicted molar refractivity (Wildman–Crippen MR) is 95.1 cm³/mol. The van der Waals surface area contributed by atoms with Crippen LogP contribution in [0.1, 0.15) is 26.3 Å². The summed E-state index contributed by atoms with van der Waals surface area (Å²) in [7, 11) is -3.61. The minimum Gasteiger partial charge on any atom is -0.405 e. The van der Waals surface area contributed by atoms with E-state index in [9.17, 15) is 9.00 Å². The number of nitriles is 1. The van der Waals surface area contributed by atoms with Gasteiger partial charge in [-0.15, -0.1) is 0 Å². The first-order valence-corrected chi connectivity index (χ1v) is 11.8. The first-order valence-electron chi connectivity index (χ1n) is 7.55. The molecular formula is C17H25NO3SSi. The molecule has 1 aromatic rings. The van der Waals surface area contributed by atoms with Gasteiger partial charge in [0.2, 0.25) is 0 Å². The van der Waals surface area contributed by atoms with Crippen LogP contribution in [-0.4, -0.2) is 30.2 Å². The number of hydrogen-bond donors (Lipinski definition) is 0. The Balaban J connectivity index is 2.96. The molecule has 0 aliphatic rings. The van der Waals surface area contributed by atoms with Crippen molar-refractivity contribution in [1.82, 2.24) is 0 Å². The zero-order chi connectivity index (χ0) is 17.8. The van der Waals surface area contributed by atoms with Crippen LogP contribution in [0.25, 0.3) is 0 Å². The van der Waals surface area contributed by atoms with Gasteiger partial charge in [-0.05, 0) is 37.2 Å². The molecule has 0 amide bonds. The molecule has 1 aromatic carbocycles. The average molecular weight is 352 g/mol. The standard InChI is InChI=1S/C17H25NO3SSi/c1-13-7-9-14(10-8-13)22(20)12-16(15(19)11-18)21-23(5,6)17(2,3)4/h7-10,16H,12H2,1-6H3/t16-,22?/m1/s1. The van der Waals surface area contributed by atoms with Crippen molar-refractivity contribution in [2.75, 3.05) is 5.75 Å². The zero-order valence-electron chi connectivity index (χ0n) is 14.7. The molecule has 0 heterocycles. The van der Waals surface area contributed by atoms with Crippen molar-refractivity contribution in [3.8, 4) is 6.07 Å². The van der Waals surface area contributed by atoms with Crippen LogP contribution in [0.15, 0.2) is 29.2 Å². The Morgan fingerprint density at radius 2 is 1.83 bits per heavy atom. The molecular weight excluding hydrogens is 326 g/mol. The summed E-state index contributed by atoms with van der Waals surface area (Å²) >= 11 is 0. The quantitative estimate of drug-likeness (QED) is 0.580. The fourth-order valence-corrected chi connectivity index (χ4v) is 4.19. The summed E-state index contributed by atoms with van der Waals surface area (Å²) in [5.41, 5.74) is 1.08. The second-order valence-electron chi connectivity index (χ2n) is 7.17. The molecule has 0 saturated carbocycles. The number of nitrogens with zero attached hydrogens (tertiary/aromatic N) is 1. The predicted octanol–water partition coefficient (Wildman–Crippen LogP) is 3.59. The highest BCUT2D eigenvalue weighted by Crippen LogP contribution is 2.37. The Bertz CT molecular complexity index is 627. The maximum atomic E-state index is 12.5. The molecule has 0 radical (unpaired) electrons. The van der Waals surface area contributed by atoms with Gasteiger partial charge in [-0.2, -0.15) is 5.26 Å².